The lowest BCUT2D eigenvalue weighted by Crippen LogP contribution is -2.27. The molecule has 0 amide bonds. The zero-order valence-electron chi connectivity index (χ0n) is 10.5. The van der Waals surface area contributed by atoms with E-state index in [1.807, 2.05) is 6.92 Å². The second-order valence-corrected chi connectivity index (χ2v) is 3.91. The third kappa shape index (κ3) is 4.06. The Hall–Kier alpha value is -1.50. The minimum Gasteiger partial charge on any atom is -0.385 e. The van der Waals surface area contributed by atoms with Crippen molar-refractivity contribution in [3.05, 3.63) is 11.9 Å². The Balaban J connectivity index is 2.65. The Bertz CT molecular complexity index is 376. The first-order valence-electron chi connectivity index (χ1n) is 5.81. The maximum Gasteiger partial charge on any atom is 0.265 e. The number of rotatable bonds is 7. The van der Waals surface area contributed by atoms with Gasteiger partial charge in [0.15, 0.2) is 0 Å². The Morgan fingerprint density at radius 3 is 2.44 bits per heavy atom. The molecule has 1 unspecified atom stereocenters. The zero-order valence-corrected chi connectivity index (χ0v) is 10.5. The monoisotopic (exact) mass is 260 g/mol. The largest absolute Gasteiger partial charge is 0.385 e. The molecule has 0 radical (unpaired) electrons. The molecule has 0 saturated carbocycles. The minimum absolute atomic E-state index is 0.247. The van der Waals surface area contributed by atoms with E-state index in [1.54, 1.807) is 6.92 Å². The van der Waals surface area contributed by atoms with Gasteiger partial charge in [-0.3, -0.25) is 0 Å². The van der Waals surface area contributed by atoms with Crippen LogP contribution < -0.4 is 10.6 Å². The summed E-state index contributed by atoms with van der Waals surface area (Å²) in [6.45, 7) is 4.34. The topological polar surface area (TPSA) is 70.1 Å². The van der Waals surface area contributed by atoms with Gasteiger partial charge >= 0.3 is 0 Å². The highest BCUT2D eigenvalue weighted by Crippen LogP contribution is 2.18. The van der Waals surface area contributed by atoms with Crippen LogP contribution in [0.1, 0.15) is 18.9 Å². The van der Waals surface area contributed by atoms with Crippen molar-refractivity contribution in [2.45, 2.75) is 32.8 Å². The molecule has 7 heteroatoms. The molecule has 0 bridgehead atoms. The summed E-state index contributed by atoms with van der Waals surface area (Å²) in [6.07, 6.45) is -2.16. The number of alkyl halides is 2. The number of aromatic nitrogens is 2. The smallest absolute Gasteiger partial charge is 0.265 e. The average Bonchev–Trinajstić information content (AvgIpc) is 2.35. The Morgan fingerprint density at radius 2 is 1.89 bits per heavy atom. The Kier molecular flexibility index (Phi) is 5.70. The van der Waals surface area contributed by atoms with E-state index in [1.165, 1.54) is 6.33 Å². The van der Waals surface area contributed by atoms with Crippen LogP contribution in [0.4, 0.5) is 20.4 Å². The molecular formula is C11H18F2N4O. The lowest BCUT2D eigenvalue weighted by Gasteiger charge is -2.14. The fourth-order valence-corrected chi connectivity index (χ4v) is 1.34. The predicted octanol–water partition coefficient (Wildman–Crippen LogP) is 1.64. The summed E-state index contributed by atoms with van der Waals surface area (Å²) in [5.74, 6) is 1.11. The molecule has 1 aromatic rings. The molecule has 0 aliphatic heterocycles. The molecule has 0 fully saturated rings. The first-order chi connectivity index (χ1) is 8.56. The van der Waals surface area contributed by atoms with E-state index < -0.39 is 12.5 Å². The van der Waals surface area contributed by atoms with Crippen LogP contribution in [-0.4, -0.2) is 40.7 Å². The van der Waals surface area contributed by atoms with Crippen molar-refractivity contribution in [1.82, 2.24) is 9.97 Å². The van der Waals surface area contributed by atoms with E-state index in [-0.39, 0.29) is 6.54 Å². The predicted molar refractivity (Wildman–Crippen MR) is 66.1 cm³/mol. The second kappa shape index (κ2) is 7.05. The summed E-state index contributed by atoms with van der Waals surface area (Å²) in [5.41, 5.74) is 0.743. The fraction of sp³-hybridized carbons (Fsp3) is 0.636. The van der Waals surface area contributed by atoms with Crippen molar-refractivity contribution in [3.63, 3.8) is 0 Å². The van der Waals surface area contributed by atoms with E-state index in [4.69, 9.17) is 5.11 Å². The van der Waals surface area contributed by atoms with Gasteiger partial charge in [-0.2, -0.15) is 0 Å². The van der Waals surface area contributed by atoms with Gasteiger partial charge in [0, 0.05) is 18.7 Å². The van der Waals surface area contributed by atoms with Crippen LogP contribution in [0.3, 0.4) is 0 Å². The summed E-state index contributed by atoms with van der Waals surface area (Å²) < 4.78 is 24.3. The number of nitrogens with one attached hydrogen (secondary N) is 2. The van der Waals surface area contributed by atoms with Crippen molar-refractivity contribution in [2.75, 3.05) is 23.7 Å². The van der Waals surface area contributed by atoms with Crippen LogP contribution >= 0.6 is 0 Å². The zero-order chi connectivity index (χ0) is 13.5. The third-order valence-corrected chi connectivity index (χ3v) is 2.40. The van der Waals surface area contributed by atoms with E-state index in [0.29, 0.717) is 11.6 Å². The third-order valence-electron chi connectivity index (χ3n) is 2.40. The highest BCUT2D eigenvalue weighted by Gasteiger charge is 2.17. The minimum atomic E-state index is -2.77. The molecule has 102 valence electrons. The summed E-state index contributed by atoms with van der Waals surface area (Å²) in [6, 6.07) is 0. The Morgan fingerprint density at radius 1 is 1.28 bits per heavy atom. The van der Waals surface area contributed by atoms with Gasteiger partial charge in [-0.15, -0.1) is 0 Å². The van der Waals surface area contributed by atoms with Crippen LogP contribution in [0, 0.1) is 6.92 Å². The maximum absolute atomic E-state index is 12.1. The van der Waals surface area contributed by atoms with Gasteiger partial charge in [0.2, 0.25) is 0 Å². The maximum atomic E-state index is 12.1. The molecule has 1 aromatic heterocycles. The van der Waals surface area contributed by atoms with Gasteiger partial charge in [0.25, 0.3) is 6.43 Å². The number of anilines is 2. The number of hydrogen-bond donors (Lipinski definition) is 3. The van der Waals surface area contributed by atoms with Crippen LogP contribution in [0.25, 0.3) is 0 Å². The van der Waals surface area contributed by atoms with Gasteiger partial charge < -0.3 is 15.7 Å². The average molecular weight is 260 g/mol. The first-order valence-corrected chi connectivity index (χ1v) is 5.81. The van der Waals surface area contributed by atoms with Gasteiger partial charge in [0.1, 0.15) is 24.1 Å². The van der Waals surface area contributed by atoms with E-state index in [2.05, 4.69) is 20.6 Å². The number of nitrogens with zero attached hydrogens (tertiary/aromatic N) is 2. The Labute approximate surface area is 105 Å². The molecule has 5 nitrogen and oxygen atoms in total. The summed E-state index contributed by atoms with van der Waals surface area (Å²) in [7, 11) is 0. The summed E-state index contributed by atoms with van der Waals surface area (Å²) in [5, 5.41) is 14.8. The number of hydrogen-bond acceptors (Lipinski definition) is 5. The van der Waals surface area contributed by atoms with Crippen molar-refractivity contribution < 1.29 is 13.9 Å². The van der Waals surface area contributed by atoms with Crippen molar-refractivity contribution in [1.29, 1.82) is 0 Å². The molecule has 0 aliphatic rings. The number of halogens is 2. The molecular weight excluding hydrogens is 242 g/mol. The number of aliphatic hydroxyl groups excluding tert-OH is 1. The molecule has 0 aliphatic carbocycles. The van der Waals surface area contributed by atoms with Crippen molar-refractivity contribution in [3.8, 4) is 0 Å². The van der Waals surface area contributed by atoms with Crippen LogP contribution in [0.5, 0.6) is 0 Å². The van der Waals surface area contributed by atoms with Crippen LogP contribution in [0.2, 0.25) is 0 Å². The molecule has 18 heavy (non-hydrogen) atoms. The number of aliphatic hydroxyl groups is 1. The van der Waals surface area contributed by atoms with Crippen LogP contribution in [0.15, 0.2) is 6.33 Å². The molecule has 0 spiro atoms. The molecule has 1 heterocycles. The molecule has 0 aromatic carbocycles. The van der Waals surface area contributed by atoms with Gasteiger partial charge in [-0.05, 0) is 13.3 Å². The summed E-state index contributed by atoms with van der Waals surface area (Å²) in [4.78, 5) is 8.03. The highest BCUT2D eigenvalue weighted by molar-refractivity contribution is 5.56. The lowest BCUT2D eigenvalue weighted by molar-refractivity contribution is 0.00380. The van der Waals surface area contributed by atoms with Gasteiger partial charge in [-0.1, -0.05) is 6.92 Å². The van der Waals surface area contributed by atoms with Gasteiger partial charge in [0.05, 0.1) is 0 Å². The van der Waals surface area contributed by atoms with Crippen molar-refractivity contribution >= 4 is 11.6 Å². The van der Waals surface area contributed by atoms with Gasteiger partial charge in [-0.25, -0.2) is 18.7 Å². The normalized spacial score (nSPS) is 12.6. The standard InChI is InChI=1S/C11H18F2N4O/c1-3-4-14-10-7(2)11(17-6-16-10)15-5-8(18)9(12)13/h6,8-9,18H,3-5H2,1-2H3,(H2,14,15,16,17). The van der Waals surface area contributed by atoms with E-state index in [9.17, 15) is 8.78 Å². The SMILES string of the molecule is CCCNc1ncnc(NCC(O)C(F)F)c1C. The highest BCUT2D eigenvalue weighted by atomic mass is 19.3. The fourth-order valence-electron chi connectivity index (χ4n) is 1.34. The lowest BCUT2D eigenvalue weighted by atomic mass is 10.3. The molecule has 1 rings (SSSR count). The summed E-state index contributed by atoms with van der Waals surface area (Å²) >= 11 is 0. The molecule has 3 N–H and O–H groups in total. The quantitative estimate of drug-likeness (QED) is 0.695. The second-order valence-electron chi connectivity index (χ2n) is 3.91. The molecule has 0 saturated heterocycles. The van der Waals surface area contributed by atoms with Crippen molar-refractivity contribution in [2.24, 2.45) is 0 Å². The molecule has 1 atom stereocenters. The van der Waals surface area contributed by atoms with E-state index in [0.717, 1.165) is 18.5 Å². The van der Waals surface area contributed by atoms with Crippen LogP contribution in [-0.2, 0) is 0 Å². The first kappa shape index (κ1) is 14.6. The van der Waals surface area contributed by atoms with E-state index >= 15 is 0 Å².